The Bertz CT molecular complexity index is 1140. The molecule has 0 aromatic carbocycles. The van der Waals surface area contributed by atoms with E-state index < -0.39 is 17.5 Å². The number of carbonyl (C=O) groups is 1. The van der Waals surface area contributed by atoms with Gasteiger partial charge in [0.15, 0.2) is 11.6 Å². The summed E-state index contributed by atoms with van der Waals surface area (Å²) in [5.74, 6) is 0.487. The Morgan fingerprint density at radius 1 is 1.42 bits per heavy atom. The standard InChI is InChI=1S/C23H29ClFN5O2S/c1-13-17(11-15(10-14-7-8-14)27-22(31)32-23(2,3)4)18(25)19-20(28-21(24)29-30(13)19)26-12-16-6-5-9-33-16/h5-6,9,14-15H,7-8,10-12H2,1-4H3,(H,27,31)(H,26,28,29)/t15-/m0/s1. The van der Waals surface area contributed by atoms with Crippen LogP contribution in [0.2, 0.25) is 5.28 Å². The van der Waals surface area contributed by atoms with Gasteiger partial charge in [0.2, 0.25) is 5.28 Å². The largest absolute Gasteiger partial charge is 0.444 e. The Balaban J connectivity index is 1.61. The minimum absolute atomic E-state index is 0.0299. The molecule has 1 fully saturated rings. The number of hydrogen-bond acceptors (Lipinski definition) is 6. The summed E-state index contributed by atoms with van der Waals surface area (Å²) in [6, 6.07) is 3.71. The molecule has 0 saturated heterocycles. The van der Waals surface area contributed by atoms with E-state index >= 15 is 4.39 Å². The van der Waals surface area contributed by atoms with E-state index in [-0.39, 0.29) is 16.8 Å². The molecule has 4 rings (SSSR count). The van der Waals surface area contributed by atoms with Crippen LogP contribution in [-0.2, 0) is 17.7 Å². The van der Waals surface area contributed by atoms with Gasteiger partial charge in [0, 0.05) is 22.2 Å². The monoisotopic (exact) mass is 493 g/mol. The van der Waals surface area contributed by atoms with Crippen molar-refractivity contribution >= 4 is 40.4 Å². The number of ether oxygens (including phenoxy) is 1. The maximum atomic E-state index is 15.7. The first-order valence-corrected chi connectivity index (χ1v) is 12.4. The van der Waals surface area contributed by atoms with Crippen LogP contribution in [-0.4, -0.2) is 32.3 Å². The van der Waals surface area contributed by atoms with Crippen molar-refractivity contribution in [2.45, 2.75) is 71.6 Å². The van der Waals surface area contributed by atoms with Crippen LogP contribution in [0.3, 0.4) is 0 Å². The third kappa shape index (κ3) is 5.95. The van der Waals surface area contributed by atoms with Gasteiger partial charge in [0.25, 0.3) is 0 Å². The smallest absolute Gasteiger partial charge is 0.407 e. The van der Waals surface area contributed by atoms with E-state index in [2.05, 4.69) is 20.7 Å². The number of amides is 1. The van der Waals surface area contributed by atoms with Gasteiger partial charge in [-0.3, -0.25) is 0 Å². The zero-order valence-electron chi connectivity index (χ0n) is 19.2. The molecule has 1 saturated carbocycles. The average Bonchev–Trinajstić information content (AvgIpc) is 3.30. The maximum Gasteiger partial charge on any atom is 0.407 e. The number of carbonyl (C=O) groups excluding carboxylic acids is 1. The van der Waals surface area contributed by atoms with Gasteiger partial charge in [0.1, 0.15) is 11.1 Å². The average molecular weight is 494 g/mol. The van der Waals surface area contributed by atoms with Gasteiger partial charge in [-0.05, 0) is 69.5 Å². The minimum atomic E-state index is -0.601. The molecule has 0 unspecified atom stereocenters. The lowest BCUT2D eigenvalue weighted by Crippen LogP contribution is -2.40. The molecule has 3 heterocycles. The molecule has 2 N–H and O–H groups in total. The highest BCUT2D eigenvalue weighted by Crippen LogP contribution is 2.35. The van der Waals surface area contributed by atoms with Crippen molar-refractivity contribution in [1.82, 2.24) is 19.9 Å². The zero-order valence-corrected chi connectivity index (χ0v) is 20.8. The SMILES string of the molecule is Cc1c(C[C@H](CC2CC2)NC(=O)OC(C)(C)C)c(F)c2c(NCc3cccs3)nc(Cl)nn12. The highest BCUT2D eigenvalue weighted by molar-refractivity contribution is 7.09. The summed E-state index contributed by atoms with van der Waals surface area (Å²) in [7, 11) is 0. The van der Waals surface area contributed by atoms with Gasteiger partial charge in [-0.1, -0.05) is 18.9 Å². The molecule has 1 aliphatic carbocycles. The third-order valence-electron chi connectivity index (χ3n) is 5.55. The van der Waals surface area contributed by atoms with Crippen LogP contribution >= 0.6 is 22.9 Å². The third-order valence-corrected chi connectivity index (χ3v) is 6.58. The van der Waals surface area contributed by atoms with Crippen LogP contribution in [0.5, 0.6) is 0 Å². The number of thiophene rings is 1. The zero-order chi connectivity index (χ0) is 23.8. The van der Waals surface area contributed by atoms with Crippen LogP contribution < -0.4 is 10.6 Å². The highest BCUT2D eigenvalue weighted by Gasteiger charge is 2.30. The lowest BCUT2D eigenvalue weighted by atomic mass is 10.0. The van der Waals surface area contributed by atoms with Crippen LogP contribution in [0, 0.1) is 18.7 Å². The Hall–Kier alpha value is -2.39. The number of halogens is 2. The molecule has 1 aliphatic rings. The van der Waals surface area contributed by atoms with Crippen molar-refractivity contribution in [1.29, 1.82) is 0 Å². The Kier molecular flexibility index (Phi) is 6.81. The number of alkyl carbamates (subject to hydrolysis) is 1. The van der Waals surface area contributed by atoms with E-state index in [0.29, 0.717) is 36.0 Å². The highest BCUT2D eigenvalue weighted by atomic mass is 35.5. The van der Waals surface area contributed by atoms with Crippen LogP contribution in [0.1, 0.15) is 56.2 Å². The van der Waals surface area contributed by atoms with E-state index in [1.807, 2.05) is 38.3 Å². The molecule has 0 bridgehead atoms. The molecule has 33 heavy (non-hydrogen) atoms. The van der Waals surface area contributed by atoms with Gasteiger partial charge >= 0.3 is 6.09 Å². The van der Waals surface area contributed by atoms with E-state index in [1.54, 1.807) is 18.3 Å². The van der Waals surface area contributed by atoms with Gasteiger partial charge < -0.3 is 15.4 Å². The summed E-state index contributed by atoms with van der Waals surface area (Å²) in [6.07, 6.45) is 2.88. The van der Waals surface area contributed by atoms with E-state index in [0.717, 1.165) is 24.1 Å². The van der Waals surface area contributed by atoms with Gasteiger partial charge in [0.05, 0.1) is 6.54 Å². The fraction of sp³-hybridized carbons (Fsp3) is 0.522. The second-order valence-electron chi connectivity index (χ2n) is 9.53. The first-order valence-electron chi connectivity index (χ1n) is 11.1. The van der Waals surface area contributed by atoms with Crippen LogP contribution in [0.25, 0.3) is 5.52 Å². The van der Waals surface area contributed by atoms with Gasteiger partial charge in [-0.15, -0.1) is 16.4 Å². The van der Waals surface area contributed by atoms with Crippen LogP contribution in [0.4, 0.5) is 15.0 Å². The summed E-state index contributed by atoms with van der Waals surface area (Å²) in [6.45, 7) is 7.77. The number of nitrogens with zero attached hydrogens (tertiary/aromatic N) is 3. The Labute approximate surface area is 201 Å². The molecule has 178 valence electrons. The summed E-state index contributed by atoms with van der Waals surface area (Å²) >= 11 is 7.76. The van der Waals surface area contributed by atoms with Crippen LogP contribution in [0.15, 0.2) is 17.5 Å². The molecule has 0 spiro atoms. The Morgan fingerprint density at radius 3 is 2.82 bits per heavy atom. The second-order valence-corrected chi connectivity index (χ2v) is 10.9. The fourth-order valence-corrected chi connectivity index (χ4v) is 4.69. The van der Waals surface area contributed by atoms with Gasteiger partial charge in [-0.2, -0.15) is 4.98 Å². The molecule has 3 aromatic heterocycles. The maximum absolute atomic E-state index is 15.7. The van der Waals surface area contributed by atoms with Gasteiger partial charge in [-0.25, -0.2) is 13.7 Å². The van der Waals surface area contributed by atoms with Crippen molar-refractivity contribution in [3.8, 4) is 0 Å². The predicted octanol–water partition coefficient (Wildman–Crippen LogP) is 5.74. The first kappa shape index (κ1) is 23.8. The number of hydrogen-bond donors (Lipinski definition) is 2. The number of aromatic nitrogens is 3. The number of fused-ring (bicyclic) bond motifs is 1. The van der Waals surface area contributed by atoms with Crippen molar-refractivity contribution < 1.29 is 13.9 Å². The lowest BCUT2D eigenvalue weighted by Gasteiger charge is -2.24. The quantitative estimate of drug-likeness (QED) is 0.418. The number of rotatable bonds is 8. The summed E-state index contributed by atoms with van der Waals surface area (Å²) in [4.78, 5) is 17.8. The molecule has 10 heteroatoms. The molecule has 0 aliphatic heterocycles. The normalized spacial score (nSPS) is 15.0. The first-order chi connectivity index (χ1) is 15.6. The molecule has 7 nitrogen and oxygen atoms in total. The predicted molar refractivity (Wildman–Crippen MR) is 129 cm³/mol. The molecular formula is C23H29ClFN5O2S. The van der Waals surface area contributed by atoms with E-state index in [4.69, 9.17) is 16.3 Å². The summed E-state index contributed by atoms with van der Waals surface area (Å²) in [5.41, 5.74) is 0.784. The Morgan fingerprint density at radius 2 is 2.18 bits per heavy atom. The minimum Gasteiger partial charge on any atom is -0.444 e. The lowest BCUT2D eigenvalue weighted by molar-refractivity contribution is 0.0500. The topological polar surface area (TPSA) is 80.5 Å². The summed E-state index contributed by atoms with van der Waals surface area (Å²) < 4.78 is 22.7. The van der Waals surface area contributed by atoms with Crippen molar-refractivity contribution in [2.24, 2.45) is 5.92 Å². The fourth-order valence-electron chi connectivity index (χ4n) is 3.88. The molecule has 1 amide bonds. The molecular weight excluding hydrogens is 465 g/mol. The number of aryl methyl sites for hydroxylation is 1. The number of nitrogens with one attached hydrogen (secondary N) is 2. The van der Waals surface area contributed by atoms with Crippen molar-refractivity contribution in [2.75, 3.05) is 5.32 Å². The molecule has 1 atom stereocenters. The number of anilines is 1. The van der Waals surface area contributed by atoms with Crippen molar-refractivity contribution in [3.05, 3.63) is 44.7 Å². The van der Waals surface area contributed by atoms with Crippen molar-refractivity contribution in [3.63, 3.8) is 0 Å². The molecule has 3 aromatic rings. The second kappa shape index (κ2) is 9.46. The van der Waals surface area contributed by atoms with E-state index in [1.165, 1.54) is 4.52 Å². The summed E-state index contributed by atoms with van der Waals surface area (Å²) in [5, 5.41) is 12.4. The molecule has 0 radical (unpaired) electrons. The van der Waals surface area contributed by atoms with E-state index in [9.17, 15) is 4.79 Å².